The van der Waals surface area contributed by atoms with Crippen molar-refractivity contribution >= 4 is 6.08 Å². The summed E-state index contributed by atoms with van der Waals surface area (Å²) in [6, 6.07) is 13.8. The molecular weight excluding hydrogens is 444 g/mol. The maximum absolute atomic E-state index is 10.00. The molecule has 0 fully saturated rings. The number of rotatable bonds is 6. The predicted octanol–water partition coefficient (Wildman–Crippen LogP) is 5.30. The normalized spacial score (nSPS) is 20.6. The summed E-state index contributed by atoms with van der Waals surface area (Å²) in [5.41, 5.74) is 10.6. The Balaban J connectivity index is 1.85. The van der Waals surface area contributed by atoms with Gasteiger partial charge in [0.15, 0.2) is 23.0 Å². The lowest BCUT2D eigenvalue weighted by Gasteiger charge is -2.35. The molecule has 1 aliphatic heterocycles. The lowest BCUT2D eigenvalue weighted by Crippen LogP contribution is -2.26. The van der Waals surface area contributed by atoms with Gasteiger partial charge in [0, 0.05) is 5.92 Å². The number of methoxy groups -OCH3 is 4. The summed E-state index contributed by atoms with van der Waals surface area (Å²) in [5.74, 6) is 3.41. The number of nitriles is 1. The largest absolute Gasteiger partial charge is 0.493 e. The first kappa shape index (κ1) is 24.1. The Kier molecular flexibility index (Phi) is 6.92. The molecule has 2 aromatic carbocycles. The molecule has 7 heteroatoms. The maximum atomic E-state index is 10.00. The molecular formula is C28H30N2O5. The van der Waals surface area contributed by atoms with Crippen LogP contribution in [0.4, 0.5) is 0 Å². The lowest BCUT2D eigenvalue weighted by molar-refractivity contribution is 0.268. The molecule has 2 aromatic rings. The van der Waals surface area contributed by atoms with Gasteiger partial charge in [-0.3, -0.25) is 0 Å². The third-order valence-electron chi connectivity index (χ3n) is 6.44. The summed E-state index contributed by atoms with van der Waals surface area (Å²) < 4.78 is 27.9. The zero-order valence-corrected chi connectivity index (χ0v) is 20.7. The second-order valence-electron chi connectivity index (χ2n) is 8.69. The standard InChI is InChI=1S/C28H30N2O5/c1-16-10-19(12-17-6-8-22(31-2)24(13-17)33-4)27-20(11-16)26(21(15-29)28(30)35-27)18-7-9-23(32-3)25(14-18)34-5/h6-9,12-14,16,26H,10-11,30H2,1-5H3/b19-12+. The van der Waals surface area contributed by atoms with E-state index in [4.69, 9.17) is 29.4 Å². The van der Waals surface area contributed by atoms with Crippen LogP contribution in [0.1, 0.15) is 36.8 Å². The van der Waals surface area contributed by atoms with E-state index in [9.17, 15) is 5.26 Å². The van der Waals surface area contributed by atoms with Crippen molar-refractivity contribution in [1.82, 2.24) is 0 Å². The fourth-order valence-electron chi connectivity index (χ4n) is 4.86. The van der Waals surface area contributed by atoms with Crippen LogP contribution >= 0.6 is 0 Å². The van der Waals surface area contributed by atoms with Crippen LogP contribution in [0.15, 0.2) is 64.8 Å². The molecule has 7 nitrogen and oxygen atoms in total. The molecule has 2 N–H and O–H groups in total. The molecule has 1 heterocycles. The number of hydrogen-bond donors (Lipinski definition) is 1. The zero-order chi connectivity index (χ0) is 25.1. The molecule has 4 rings (SSSR count). The van der Waals surface area contributed by atoms with E-state index in [0.29, 0.717) is 34.5 Å². The molecule has 0 bridgehead atoms. The van der Waals surface area contributed by atoms with Crippen LogP contribution in [-0.4, -0.2) is 28.4 Å². The SMILES string of the molecule is COc1ccc(/C=C2\CC(C)CC3=C2OC(N)=C(C#N)C3c2ccc(OC)c(OC)c2)cc1OC. The summed E-state index contributed by atoms with van der Waals surface area (Å²) >= 11 is 0. The van der Waals surface area contributed by atoms with Gasteiger partial charge in [0.1, 0.15) is 17.4 Å². The number of hydrogen-bond acceptors (Lipinski definition) is 7. The van der Waals surface area contributed by atoms with Gasteiger partial charge >= 0.3 is 0 Å². The minimum absolute atomic E-state index is 0.124. The fourth-order valence-corrected chi connectivity index (χ4v) is 4.86. The molecule has 0 saturated heterocycles. The van der Waals surface area contributed by atoms with Crippen molar-refractivity contribution in [2.24, 2.45) is 11.7 Å². The second-order valence-corrected chi connectivity index (χ2v) is 8.69. The van der Waals surface area contributed by atoms with Crippen LogP contribution in [0.3, 0.4) is 0 Å². The van der Waals surface area contributed by atoms with Gasteiger partial charge in [0.05, 0.1) is 28.4 Å². The van der Waals surface area contributed by atoms with E-state index in [2.05, 4.69) is 19.1 Å². The van der Waals surface area contributed by atoms with E-state index in [-0.39, 0.29) is 11.8 Å². The molecule has 2 aliphatic rings. The molecule has 182 valence electrons. The molecule has 2 unspecified atom stereocenters. The molecule has 0 saturated carbocycles. The summed E-state index contributed by atoms with van der Waals surface area (Å²) in [6.45, 7) is 2.20. The van der Waals surface area contributed by atoms with Crippen LogP contribution in [-0.2, 0) is 4.74 Å². The van der Waals surface area contributed by atoms with Crippen LogP contribution in [0, 0.1) is 17.2 Å². The van der Waals surface area contributed by atoms with Gasteiger partial charge in [0.2, 0.25) is 5.88 Å². The highest BCUT2D eigenvalue weighted by atomic mass is 16.5. The monoisotopic (exact) mass is 474 g/mol. The summed E-state index contributed by atoms with van der Waals surface area (Å²) in [5, 5.41) is 10.00. The van der Waals surface area contributed by atoms with E-state index < -0.39 is 0 Å². The van der Waals surface area contributed by atoms with Crippen LogP contribution in [0.5, 0.6) is 23.0 Å². The van der Waals surface area contributed by atoms with E-state index in [1.807, 2.05) is 36.4 Å². The van der Waals surface area contributed by atoms with E-state index in [0.717, 1.165) is 40.9 Å². The lowest BCUT2D eigenvalue weighted by atomic mass is 9.74. The van der Waals surface area contributed by atoms with Gasteiger partial charge in [0.25, 0.3) is 0 Å². The van der Waals surface area contributed by atoms with E-state index in [1.54, 1.807) is 28.4 Å². The Bertz CT molecular complexity index is 1270. The Morgan fingerprint density at radius 3 is 2.17 bits per heavy atom. The summed E-state index contributed by atoms with van der Waals surface area (Å²) in [7, 11) is 6.42. The second kappa shape index (κ2) is 10.1. The number of benzene rings is 2. The molecule has 0 radical (unpaired) electrons. The average molecular weight is 475 g/mol. The highest BCUT2D eigenvalue weighted by molar-refractivity contribution is 5.65. The number of nitrogens with two attached hydrogens (primary N) is 1. The zero-order valence-electron chi connectivity index (χ0n) is 20.7. The first-order valence-corrected chi connectivity index (χ1v) is 11.4. The smallest absolute Gasteiger partial charge is 0.205 e. The van der Waals surface area contributed by atoms with Crippen molar-refractivity contribution in [3.63, 3.8) is 0 Å². The van der Waals surface area contributed by atoms with Crippen LogP contribution in [0.2, 0.25) is 0 Å². The van der Waals surface area contributed by atoms with Gasteiger partial charge in [-0.25, -0.2) is 0 Å². The number of allylic oxidation sites excluding steroid dienone is 3. The van der Waals surface area contributed by atoms with Crippen molar-refractivity contribution < 1.29 is 23.7 Å². The fraction of sp³-hybridized carbons (Fsp3) is 0.321. The minimum Gasteiger partial charge on any atom is -0.493 e. The van der Waals surface area contributed by atoms with Gasteiger partial charge in [-0.05, 0) is 71.4 Å². The molecule has 1 aliphatic carbocycles. The highest BCUT2D eigenvalue weighted by Gasteiger charge is 2.37. The molecule has 0 aromatic heterocycles. The summed E-state index contributed by atoms with van der Waals surface area (Å²) in [4.78, 5) is 0. The molecule has 2 atom stereocenters. The molecule has 0 spiro atoms. The first-order chi connectivity index (χ1) is 16.9. The van der Waals surface area contributed by atoms with Gasteiger partial charge in [-0.15, -0.1) is 0 Å². The number of nitrogens with zero attached hydrogens (tertiary/aromatic N) is 1. The predicted molar refractivity (Wildman–Crippen MR) is 133 cm³/mol. The van der Waals surface area contributed by atoms with E-state index in [1.165, 1.54) is 0 Å². The van der Waals surface area contributed by atoms with Gasteiger partial charge < -0.3 is 29.4 Å². The van der Waals surface area contributed by atoms with Crippen molar-refractivity contribution in [2.75, 3.05) is 28.4 Å². The Morgan fingerprint density at radius 1 is 0.914 bits per heavy atom. The van der Waals surface area contributed by atoms with Gasteiger partial charge in [-0.2, -0.15) is 5.26 Å². The third kappa shape index (κ3) is 4.52. The van der Waals surface area contributed by atoms with Gasteiger partial charge in [-0.1, -0.05) is 19.1 Å². The average Bonchev–Trinajstić information content (AvgIpc) is 2.87. The van der Waals surface area contributed by atoms with Crippen molar-refractivity contribution in [1.29, 1.82) is 5.26 Å². The van der Waals surface area contributed by atoms with Crippen molar-refractivity contribution in [3.05, 3.63) is 75.9 Å². The molecule has 0 amide bonds. The first-order valence-electron chi connectivity index (χ1n) is 11.4. The Morgan fingerprint density at radius 2 is 1.54 bits per heavy atom. The molecule has 35 heavy (non-hydrogen) atoms. The summed E-state index contributed by atoms with van der Waals surface area (Å²) in [6.07, 6.45) is 3.69. The van der Waals surface area contributed by atoms with E-state index >= 15 is 0 Å². The Hall–Kier alpha value is -4.05. The Labute approximate surface area is 206 Å². The quantitative estimate of drug-likeness (QED) is 0.607. The highest BCUT2D eigenvalue weighted by Crippen LogP contribution is 2.49. The minimum atomic E-state index is -0.333. The van der Waals surface area contributed by atoms with Crippen LogP contribution in [0.25, 0.3) is 6.08 Å². The maximum Gasteiger partial charge on any atom is 0.205 e. The topological polar surface area (TPSA) is 96.0 Å². The van der Waals surface area contributed by atoms with Crippen LogP contribution < -0.4 is 24.7 Å². The third-order valence-corrected chi connectivity index (χ3v) is 6.44. The number of ether oxygens (including phenoxy) is 5. The van der Waals surface area contributed by atoms with Crippen molar-refractivity contribution in [3.8, 4) is 29.1 Å². The van der Waals surface area contributed by atoms with Crippen molar-refractivity contribution in [2.45, 2.75) is 25.7 Å².